The van der Waals surface area contributed by atoms with Crippen molar-refractivity contribution in [3.05, 3.63) is 101 Å². The van der Waals surface area contributed by atoms with E-state index >= 15 is 0 Å². The molecule has 1 amide bonds. The second kappa shape index (κ2) is 9.89. The maximum Gasteiger partial charge on any atom is 0.241 e. The van der Waals surface area contributed by atoms with Crippen LogP contribution in [0.4, 0.5) is 0 Å². The summed E-state index contributed by atoms with van der Waals surface area (Å²) in [6, 6.07) is 22.0. The van der Waals surface area contributed by atoms with E-state index in [9.17, 15) is 13.2 Å². The molecule has 5 nitrogen and oxygen atoms in total. The van der Waals surface area contributed by atoms with Gasteiger partial charge in [0, 0.05) is 11.6 Å². The zero-order chi connectivity index (χ0) is 21.6. The predicted molar refractivity (Wildman–Crippen MR) is 119 cm³/mol. The number of aryl methyl sites for hydroxylation is 1. The highest BCUT2D eigenvalue weighted by molar-refractivity contribution is 7.89. The fourth-order valence-corrected chi connectivity index (χ4v) is 4.36. The molecule has 7 heteroatoms. The molecule has 0 aliphatic rings. The number of amides is 1. The molecule has 0 radical (unpaired) electrons. The maximum absolute atomic E-state index is 12.9. The Labute approximate surface area is 182 Å². The third-order valence-corrected chi connectivity index (χ3v) is 6.50. The summed E-state index contributed by atoms with van der Waals surface area (Å²) in [5.74, 6) is -0.422. The zero-order valence-corrected chi connectivity index (χ0v) is 18.1. The number of benzene rings is 3. The van der Waals surface area contributed by atoms with Crippen molar-refractivity contribution >= 4 is 27.5 Å². The van der Waals surface area contributed by atoms with E-state index in [0.29, 0.717) is 5.02 Å². The number of rotatable bonds is 8. The lowest BCUT2D eigenvalue weighted by molar-refractivity contribution is -0.122. The van der Waals surface area contributed by atoms with Crippen molar-refractivity contribution in [3.63, 3.8) is 0 Å². The van der Waals surface area contributed by atoms with Gasteiger partial charge in [-0.05, 0) is 42.7 Å². The molecule has 2 N–H and O–H groups in total. The fraction of sp³-hybridized carbons (Fsp3) is 0.174. The van der Waals surface area contributed by atoms with Crippen molar-refractivity contribution in [2.24, 2.45) is 0 Å². The van der Waals surface area contributed by atoms with Gasteiger partial charge in [0.2, 0.25) is 15.9 Å². The van der Waals surface area contributed by atoms with Gasteiger partial charge in [-0.2, -0.15) is 4.72 Å². The quantitative estimate of drug-likeness (QED) is 0.556. The van der Waals surface area contributed by atoms with E-state index < -0.39 is 22.0 Å². The van der Waals surface area contributed by atoms with Crippen molar-refractivity contribution in [1.82, 2.24) is 10.0 Å². The number of carbonyl (C=O) groups excluding carboxylic acids is 1. The highest BCUT2D eigenvalue weighted by Gasteiger charge is 2.26. The lowest BCUT2D eigenvalue weighted by atomic mass is 10.1. The lowest BCUT2D eigenvalue weighted by Gasteiger charge is -2.19. The fourth-order valence-electron chi connectivity index (χ4n) is 2.96. The van der Waals surface area contributed by atoms with Crippen molar-refractivity contribution < 1.29 is 13.2 Å². The molecule has 0 unspecified atom stereocenters. The van der Waals surface area contributed by atoms with E-state index in [2.05, 4.69) is 10.0 Å². The van der Waals surface area contributed by atoms with Crippen LogP contribution in [-0.4, -0.2) is 20.4 Å². The first-order valence-electron chi connectivity index (χ1n) is 9.49. The molecule has 3 aromatic carbocycles. The molecular formula is C23H23ClN2O3S. The van der Waals surface area contributed by atoms with Gasteiger partial charge in [-0.25, -0.2) is 8.42 Å². The first kappa shape index (κ1) is 22.0. The van der Waals surface area contributed by atoms with Gasteiger partial charge >= 0.3 is 0 Å². The van der Waals surface area contributed by atoms with Crippen LogP contribution < -0.4 is 10.0 Å². The summed E-state index contributed by atoms with van der Waals surface area (Å²) < 4.78 is 28.3. The van der Waals surface area contributed by atoms with Gasteiger partial charge in [0.05, 0.1) is 4.90 Å². The maximum atomic E-state index is 12.9. The van der Waals surface area contributed by atoms with Gasteiger partial charge in [-0.15, -0.1) is 0 Å². The van der Waals surface area contributed by atoms with E-state index in [-0.39, 0.29) is 17.9 Å². The molecular weight excluding hydrogens is 420 g/mol. The normalized spacial score (nSPS) is 12.3. The average molecular weight is 443 g/mol. The number of halogens is 1. The molecule has 30 heavy (non-hydrogen) atoms. The van der Waals surface area contributed by atoms with E-state index in [1.54, 1.807) is 18.2 Å². The Hall–Kier alpha value is -2.67. The van der Waals surface area contributed by atoms with Crippen LogP contribution in [0.2, 0.25) is 5.02 Å². The molecule has 3 rings (SSSR count). The number of carbonyl (C=O) groups is 1. The second-order valence-electron chi connectivity index (χ2n) is 6.99. The summed E-state index contributed by atoms with van der Waals surface area (Å²) >= 11 is 6.15. The summed E-state index contributed by atoms with van der Waals surface area (Å²) in [4.78, 5) is 13.0. The third kappa shape index (κ3) is 5.92. The van der Waals surface area contributed by atoms with Crippen molar-refractivity contribution in [1.29, 1.82) is 0 Å². The van der Waals surface area contributed by atoms with Gasteiger partial charge < -0.3 is 5.32 Å². The Morgan fingerprint density at radius 3 is 2.23 bits per heavy atom. The van der Waals surface area contributed by atoms with Crippen molar-refractivity contribution in [3.8, 4) is 0 Å². The molecule has 0 saturated carbocycles. The van der Waals surface area contributed by atoms with Crippen LogP contribution in [0.5, 0.6) is 0 Å². The SMILES string of the molecule is Cc1ccc(S(=O)(=O)N[C@@H](Cc2ccccc2)C(=O)NCc2ccccc2Cl)cc1. The molecule has 156 valence electrons. The number of nitrogens with one attached hydrogen (secondary N) is 2. The van der Waals surface area contributed by atoms with Crippen LogP contribution in [0.3, 0.4) is 0 Å². The van der Waals surface area contributed by atoms with Gasteiger partial charge in [-0.3, -0.25) is 4.79 Å². The molecule has 1 atom stereocenters. The minimum atomic E-state index is -3.87. The van der Waals surface area contributed by atoms with Crippen molar-refractivity contribution in [2.45, 2.75) is 30.8 Å². The Bertz CT molecular complexity index is 1100. The predicted octanol–water partition coefficient (Wildman–Crippen LogP) is 3.85. The monoisotopic (exact) mass is 442 g/mol. The second-order valence-corrected chi connectivity index (χ2v) is 9.11. The summed E-state index contributed by atoms with van der Waals surface area (Å²) in [5.41, 5.74) is 2.56. The van der Waals surface area contributed by atoms with E-state index in [1.807, 2.05) is 55.5 Å². The molecule has 0 bridgehead atoms. The minimum absolute atomic E-state index is 0.116. The largest absolute Gasteiger partial charge is 0.351 e. The van der Waals surface area contributed by atoms with Crippen LogP contribution in [0.15, 0.2) is 83.8 Å². The number of hydrogen-bond acceptors (Lipinski definition) is 3. The minimum Gasteiger partial charge on any atom is -0.351 e. The topological polar surface area (TPSA) is 75.3 Å². The zero-order valence-electron chi connectivity index (χ0n) is 16.5. The van der Waals surface area contributed by atoms with Crippen LogP contribution in [0.25, 0.3) is 0 Å². The van der Waals surface area contributed by atoms with Gasteiger partial charge in [0.15, 0.2) is 0 Å². The summed E-state index contributed by atoms with van der Waals surface area (Å²) in [6.45, 7) is 2.08. The Kier molecular flexibility index (Phi) is 7.26. The van der Waals surface area contributed by atoms with Crippen LogP contribution >= 0.6 is 11.6 Å². The molecule has 0 fully saturated rings. The molecule has 0 heterocycles. The molecule has 3 aromatic rings. The Balaban J connectivity index is 1.79. The summed E-state index contributed by atoms with van der Waals surface area (Å²) in [7, 11) is -3.87. The van der Waals surface area contributed by atoms with Crippen LogP contribution in [0, 0.1) is 6.92 Å². The van der Waals surface area contributed by atoms with Crippen LogP contribution in [0.1, 0.15) is 16.7 Å². The van der Waals surface area contributed by atoms with Crippen LogP contribution in [-0.2, 0) is 27.8 Å². The average Bonchev–Trinajstić information content (AvgIpc) is 2.73. The first-order chi connectivity index (χ1) is 14.3. The van der Waals surface area contributed by atoms with Gasteiger partial charge in [0.25, 0.3) is 0 Å². The van der Waals surface area contributed by atoms with E-state index in [1.165, 1.54) is 12.1 Å². The number of sulfonamides is 1. The summed E-state index contributed by atoms with van der Waals surface area (Å²) in [6.07, 6.45) is 0.223. The summed E-state index contributed by atoms with van der Waals surface area (Å²) in [5, 5.41) is 3.33. The highest BCUT2D eigenvalue weighted by atomic mass is 35.5. The van der Waals surface area contributed by atoms with Gasteiger partial charge in [0.1, 0.15) is 6.04 Å². The Morgan fingerprint density at radius 1 is 0.933 bits per heavy atom. The smallest absolute Gasteiger partial charge is 0.241 e. The van der Waals surface area contributed by atoms with E-state index in [4.69, 9.17) is 11.6 Å². The molecule has 0 spiro atoms. The van der Waals surface area contributed by atoms with Crippen molar-refractivity contribution in [2.75, 3.05) is 0 Å². The number of hydrogen-bond donors (Lipinski definition) is 2. The lowest BCUT2D eigenvalue weighted by Crippen LogP contribution is -2.47. The molecule has 0 aliphatic carbocycles. The van der Waals surface area contributed by atoms with Gasteiger partial charge in [-0.1, -0.05) is 77.8 Å². The first-order valence-corrected chi connectivity index (χ1v) is 11.4. The molecule has 0 saturated heterocycles. The standard InChI is InChI=1S/C23H23ClN2O3S/c1-17-11-13-20(14-12-17)30(28,29)26-22(15-18-7-3-2-4-8-18)23(27)25-16-19-9-5-6-10-21(19)24/h2-14,22,26H,15-16H2,1H3,(H,25,27)/t22-/m0/s1. The Morgan fingerprint density at radius 2 is 1.57 bits per heavy atom. The third-order valence-electron chi connectivity index (χ3n) is 4.64. The molecule has 0 aliphatic heterocycles. The molecule has 0 aromatic heterocycles. The van der Waals surface area contributed by atoms with E-state index in [0.717, 1.165) is 16.7 Å². The highest BCUT2D eigenvalue weighted by Crippen LogP contribution is 2.15.